The van der Waals surface area contributed by atoms with Crippen molar-refractivity contribution in [3.05, 3.63) is 63.9 Å². The fourth-order valence-corrected chi connectivity index (χ4v) is 3.05. The van der Waals surface area contributed by atoms with Crippen LogP contribution in [0, 0.1) is 0 Å². The number of carbonyl (C=O) groups is 1. The zero-order valence-electron chi connectivity index (χ0n) is 14.8. The molecule has 1 amide bonds. The Morgan fingerprint density at radius 3 is 2.58 bits per heavy atom. The smallest absolute Gasteiger partial charge is 0.261 e. The van der Waals surface area contributed by atoms with Crippen molar-refractivity contribution in [3.8, 4) is 5.75 Å². The number of para-hydroxylation sites is 1. The number of benzene rings is 2. The molecule has 0 aliphatic carbocycles. The quantitative estimate of drug-likeness (QED) is 0.607. The summed E-state index contributed by atoms with van der Waals surface area (Å²) in [7, 11) is 0. The number of anilines is 1. The lowest BCUT2D eigenvalue weighted by atomic mass is 9.85. The summed E-state index contributed by atoms with van der Waals surface area (Å²) in [4.78, 5) is 28.9. The van der Waals surface area contributed by atoms with Crippen molar-refractivity contribution in [3.63, 3.8) is 0 Å². The number of carbonyl (C=O) groups excluding carboxylic acids is 1. The molecule has 0 aliphatic rings. The fourth-order valence-electron chi connectivity index (χ4n) is 2.84. The van der Waals surface area contributed by atoms with E-state index in [-0.39, 0.29) is 22.2 Å². The molecule has 0 saturated heterocycles. The van der Waals surface area contributed by atoms with Gasteiger partial charge < -0.3 is 15.4 Å². The highest BCUT2D eigenvalue weighted by atomic mass is 32.1. The number of hydrogen-bond donors (Lipinski definition) is 3. The first-order valence-corrected chi connectivity index (χ1v) is 8.69. The van der Waals surface area contributed by atoms with Gasteiger partial charge in [0.05, 0.1) is 0 Å². The Hall–Kier alpha value is -2.73. The molecule has 0 spiro atoms. The van der Waals surface area contributed by atoms with Crippen molar-refractivity contribution in [2.75, 3.05) is 5.32 Å². The van der Waals surface area contributed by atoms with Gasteiger partial charge in [0.25, 0.3) is 5.91 Å². The molecule has 3 rings (SSSR count). The van der Waals surface area contributed by atoms with E-state index in [0.717, 1.165) is 5.56 Å². The Morgan fingerprint density at radius 2 is 1.88 bits per heavy atom. The molecule has 6 heteroatoms. The van der Waals surface area contributed by atoms with Gasteiger partial charge in [0.2, 0.25) is 5.43 Å². The van der Waals surface area contributed by atoms with E-state index < -0.39 is 5.91 Å². The first kappa shape index (κ1) is 18.1. The Morgan fingerprint density at radius 1 is 1.19 bits per heavy atom. The average Bonchev–Trinajstić information content (AvgIpc) is 2.57. The van der Waals surface area contributed by atoms with E-state index in [1.807, 2.05) is 26.8 Å². The molecule has 0 aliphatic heterocycles. The summed E-state index contributed by atoms with van der Waals surface area (Å²) in [5.74, 6) is -0.513. The number of fused-ring (bicyclic) bond motifs is 1. The van der Waals surface area contributed by atoms with Crippen LogP contribution in [0.5, 0.6) is 5.75 Å². The summed E-state index contributed by atoms with van der Waals surface area (Å²) >= 11 is 3.36. The second kappa shape index (κ2) is 6.53. The van der Waals surface area contributed by atoms with Crippen LogP contribution in [0.2, 0.25) is 0 Å². The lowest BCUT2D eigenvalue weighted by Gasteiger charge is -2.23. The second-order valence-electron chi connectivity index (χ2n) is 7.20. The topological polar surface area (TPSA) is 82.2 Å². The summed E-state index contributed by atoms with van der Waals surface area (Å²) in [6, 6.07) is 10.3. The fraction of sp³-hybridized carbons (Fsp3) is 0.200. The zero-order chi connectivity index (χ0) is 19.1. The molecule has 0 fully saturated rings. The van der Waals surface area contributed by atoms with Crippen molar-refractivity contribution in [2.24, 2.45) is 0 Å². The molecule has 134 valence electrons. The minimum atomic E-state index is -0.524. The van der Waals surface area contributed by atoms with E-state index >= 15 is 0 Å². The van der Waals surface area contributed by atoms with Crippen molar-refractivity contribution >= 4 is 35.1 Å². The van der Waals surface area contributed by atoms with Crippen LogP contribution in [0.3, 0.4) is 0 Å². The monoisotopic (exact) mass is 369 g/mol. The Bertz CT molecular complexity index is 1060. The largest absolute Gasteiger partial charge is 0.503 e. The summed E-state index contributed by atoms with van der Waals surface area (Å²) < 4.78 is 0. The minimum absolute atomic E-state index is 0.0115. The first-order chi connectivity index (χ1) is 12.2. The molecular weight excluding hydrogens is 348 g/mol. The highest BCUT2D eigenvalue weighted by Crippen LogP contribution is 2.34. The molecule has 1 heterocycles. The van der Waals surface area contributed by atoms with Crippen LogP contribution in [-0.2, 0) is 18.0 Å². The number of rotatable bonds is 2. The Kier molecular flexibility index (Phi) is 4.54. The van der Waals surface area contributed by atoms with Crippen molar-refractivity contribution in [2.45, 2.75) is 31.1 Å². The summed E-state index contributed by atoms with van der Waals surface area (Å²) in [6.45, 7) is 6.01. The van der Waals surface area contributed by atoms with Crippen LogP contribution in [0.25, 0.3) is 10.9 Å². The molecule has 26 heavy (non-hydrogen) atoms. The first-order valence-electron chi connectivity index (χ1n) is 8.19. The third-order valence-electron chi connectivity index (χ3n) is 4.23. The van der Waals surface area contributed by atoms with Gasteiger partial charge in [-0.25, -0.2) is 0 Å². The molecule has 0 atom stereocenters. The molecule has 3 aromatic rings. The standard InChI is InChI=1S/C20H20N2O3S/c1-20(2,3)13-8-17(26)16(23)9-15(13)22-19(25)12-10-21-14-7-5-4-6-11(14)18(12)24/h4-10,23,26H,1-3H3,(H,21,24)(H,22,25)/p+1. The van der Waals surface area contributed by atoms with Gasteiger partial charge in [0.15, 0.2) is 10.6 Å². The van der Waals surface area contributed by atoms with Crippen LogP contribution in [0.15, 0.2) is 52.3 Å². The normalized spacial score (nSPS) is 11.5. The predicted molar refractivity (Wildman–Crippen MR) is 108 cm³/mol. The lowest BCUT2D eigenvalue weighted by Crippen LogP contribution is -2.24. The van der Waals surface area contributed by atoms with Crippen molar-refractivity contribution in [1.29, 1.82) is 0 Å². The van der Waals surface area contributed by atoms with Gasteiger partial charge >= 0.3 is 0 Å². The van der Waals surface area contributed by atoms with Gasteiger partial charge in [-0.3, -0.25) is 9.59 Å². The summed E-state index contributed by atoms with van der Waals surface area (Å²) in [6.07, 6.45) is 1.41. The molecule has 0 bridgehead atoms. The van der Waals surface area contributed by atoms with E-state index in [4.69, 9.17) is 0 Å². The third kappa shape index (κ3) is 3.32. The van der Waals surface area contributed by atoms with Crippen LogP contribution < -0.4 is 10.7 Å². The van der Waals surface area contributed by atoms with Crippen LogP contribution in [0.1, 0.15) is 36.7 Å². The average molecular weight is 369 g/mol. The van der Waals surface area contributed by atoms with E-state index in [0.29, 0.717) is 21.5 Å². The molecular formula is C20H21N2O3S+. The van der Waals surface area contributed by atoms with Crippen molar-refractivity contribution < 1.29 is 9.90 Å². The van der Waals surface area contributed by atoms with Crippen LogP contribution in [-0.4, -0.2) is 16.0 Å². The SMILES string of the molecule is CC(C)(C)c1cc([SH2+])c(O)cc1NC(=O)c1c[nH]c2ccccc2c1=O. The number of phenolic OH excluding ortho intramolecular Hbond substituents is 1. The Labute approximate surface area is 156 Å². The minimum Gasteiger partial charge on any atom is -0.503 e. The molecule has 5 nitrogen and oxygen atoms in total. The maximum Gasteiger partial charge on any atom is 0.261 e. The number of aromatic hydroxyl groups is 1. The number of phenols is 1. The van der Waals surface area contributed by atoms with Gasteiger partial charge in [-0.05, 0) is 35.7 Å². The van der Waals surface area contributed by atoms with Gasteiger partial charge in [-0.1, -0.05) is 32.9 Å². The van der Waals surface area contributed by atoms with Crippen LogP contribution in [0.4, 0.5) is 5.69 Å². The predicted octanol–water partition coefficient (Wildman–Crippen LogP) is 3.15. The number of amides is 1. The van der Waals surface area contributed by atoms with E-state index in [9.17, 15) is 14.7 Å². The third-order valence-corrected chi connectivity index (χ3v) is 4.63. The van der Waals surface area contributed by atoms with Gasteiger partial charge in [-0.2, -0.15) is 0 Å². The number of H-pyrrole nitrogens is 1. The number of hydrogen-bond acceptors (Lipinski definition) is 3. The van der Waals surface area contributed by atoms with Gasteiger partial charge in [-0.15, -0.1) is 0 Å². The van der Waals surface area contributed by atoms with Gasteiger partial charge in [0, 0.05) is 34.9 Å². The molecule has 0 radical (unpaired) electrons. The van der Waals surface area contributed by atoms with Crippen molar-refractivity contribution in [1.82, 2.24) is 4.98 Å². The lowest BCUT2D eigenvalue weighted by molar-refractivity contribution is 0.102. The summed E-state index contributed by atoms with van der Waals surface area (Å²) in [5.41, 5.74) is 1.39. The van der Waals surface area contributed by atoms with Gasteiger partial charge in [0.1, 0.15) is 5.56 Å². The summed E-state index contributed by atoms with van der Waals surface area (Å²) in [5, 5.41) is 13.2. The van der Waals surface area contributed by atoms with E-state index in [1.165, 1.54) is 12.3 Å². The highest BCUT2D eigenvalue weighted by molar-refractivity contribution is 7.59. The zero-order valence-corrected chi connectivity index (χ0v) is 15.8. The number of aromatic amines is 1. The maximum atomic E-state index is 12.7. The maximum absolute atomic E-state index is 12.7. The number of pyridine rings is 1. The number of aromatic nitrogens is 1. The van der Waals surface area contributed by atoms with Crippen LogP contribution >= 0.6 is 0 Å². The molecule has 0 saturated carbocycles. The molecule has 2 aromatic carbocycles. The number of nitrogens with one attached hydrogen (secondary N) is 2. The van der Waals surface area contributed by atoms with E-state index in [1.54, 1.807) is 24.3 Å². The molecule has 3 N–H and O–H groups in total. The second-order valence-corrected chi connectivity index (χ2v) is 7.73. The van der Waals surface area contributed by atoms with E-state index in [2.05, 4.69) is 22.9 Å². The molecule has 1 aromatic heterocycles. The highest BCUT2D eigenvalue weighted by Gasteiger charge is 2.23. The molecule has 0 unspecified atom stereocenters. The Balaban J connectivity index is 2.05.